The van der Waals surface area contributed by atoms with Crippen LogP contribution in [-0.2, 0) is 18.6 Å². The Bertz CT molecular complexity index is 391. The first-order chi connectivity index (χ1) is 12.0. The second-order valence-corrected chi connectivity index (χ2v) is 7.41. The summed E-state index contributed by atoms with van der Waals surface area (Å²) in [6.45, 7) is 1.80. The summed E-state index contributed by atoms with van der Waals surface area (Å²) in [4.78, 5) is 28.3. The second kappa shape index (κ2) is 16.8. The molecule has 0 amide bonds. The van der Waals surface area contributed by atoms with Crippen molar-refractivity contribution >= 4 is 13.8 Å². The number of hydrogen-bond acceptors (Lipinski definition) is 4. The maximum Gasteiger partial charge on any atom is 0.469 e. The molecule has 0 aromatic heterocycles. The number of phosphoric ester groups is 1. The van der Waals surface area contributed by atoms with Crippen LogP contribution in [0.4, 0.5) is 0 Å². The summed E-state index contributed by atoms with van der Waals surface area (Å²) >= 11 is 0. The third kappa shape index (κ3) is 21.3. The van der Waals surface area contributed by atoms with Crippen molar-refractivity contribution in [1.82, 2.24) is 0 Å². The molecule has 7 heteroatoms. The Morgan fingerprint density at radius 2 is 1.44 bits per heavy atom. The van der Waals surface area contributed by atoms with Gasteiger partial charge in [0.15, 0.2) is 0 Å². The van der Waals surface area contributed by atoms with Crippen molar-refractivity contribution in [2.24, 2.45) is 0 Å². The number of esters is 1. The third-order valence-corrected chi connectivity index (χ3v) is 4.27. The number of ether oxygens (including phenoxy) is 1. The largest absolute Gasteiger partial charge is 0.469 e. The number of allylic oxidation sites excluding steroid dienone is 2. The smallest absolute Gasteiger partial charge is 0.463 e. The Kier molecular flexibility index (Phi) is 16.3. The zero-order valence-electron chi connectivity index (χ0n) is 15.5. The van der Waals surface area contributed by atoms with E-state index in [1.165, 1.54) is 44.9 Å². The van der Waals surface area contributed by atoms with Crippen LogP contribution in [0.5, 0.6) is 0 Å². The second-order valence-electron chi connectivity index (χ2n) is 6.17. The molecule has 0 spiro atoms. The molecule has 0 fully saturated rings. The van der Waals surface area contributed by atoms with Crippen LogP contribution in [0.1, 0.15) is 84.0 Å². The predicted molar refractivity (Wildman–Crippen MR) is 99.2 cm³/mol. The minimum absolute atomic E-state index is 0.137. The zero-order chi connectivity index (χ0) is 18.8. The van der Waals surface area contributed by atoms with E-state index in [2.05, 4.69) is 23.6 Å². The van der Waals surface area contributed by atoms with Gasteiger partial charge in [0.2, 0.25) is 0 Å². The first-order valence-electron chi connectivity index (χ1n) is 9.46. The molecular formula is C18H35O6P. The average Bonchev–Trinajstić information content (AvgIpc) is 2.55. The highest BCUT2D eigenvalue weighted by atomic mass is 31.2. The topological polar surface area (TPSA) is 93.1 Å². The first kappa shape index (κ1) is 24.3. The molecule has 0 saturated heterocycles. The monoisotopic (exact) mass is 378 g/mol. The summed E-state index contributed by atoms with van der Waals surface area (Å²) in [5, 5.41) is 0. The number of rotatable bonds is 17. The molecule has 0 aromatic rings. The normalized spacial score (nSPS) is 12.0. The Morgan fingerprint density at radius 1 is 0.880 bits per heavy atom. The summed E-state index contributed by atoms with van der Waals surface area (Å²) in [5.41, 5.74) is 0. The van der Waals surface area contributed by atoms with Crippen molar-refractivity contribution in [2.75, 3.05) is 13.2 Å². The molecule has 148 valence electrons. The fourth-order valence-electron chi connectivity index (χ4n) is 2.37. The van der Waals surface area contributed by atoms with E-state index in [0.717, 1.165) is 25.7 Å². The lowest BCUT2D eigenvalue weighted by molar-refractivity contribution is -0.144. The predicted octanol–water partition coefficient (Wildman–Crippen LogP) is 4.90. The number of hydrogen-bond donors (Lipinski definition) is 2. The molecule has 0 aliphatic carbocycles. The molecule has 0 bridgehead atoms. The van der Waals surface area contributed by atoms with Gasteiger partial charge in [-0.15, -0.1) is 0 Å². The van der Waals surface area contributed by atoms with Crippen molar-refractivity contribution in [1.29, 1.82) is 0 Å². The fraction of sp³-hybridized carbons (Fsp3) is 0.833. The average molecular weight is 378 g/mol. The van der Waals surface area contributed by atoms with Gasteiger partial charge in [0.1, 0.15) is 6.61 Å². The van der Waals surface area contributed by atoms with E-state index < -0.39 is 7.82 Å². The molecule has 0 unspecified atom stereocenters. The number of phosphoric acid groups is 1. The van der Waals surface area contributed by atoms with Crippen LogP contribution in [0.3, 0.4) is 0 Å². The van der Waals surface area contributed by atoms with E-state index >= 15 is 0 Å². The quantitative estimate of drug-likeness (QED) is 0.162. The molecule has 0 radical (unpaired) electrons. The van der Waals surface area contributed by atoms with Crippen molar-refractivity contribution in [3.63, 3.8) is 0 Å². The summed E-state index contributed by atoms with van der Waals surface area (Å²) in [7, 11) is -4.48. The Morgan fingerprint density at radius 3 is 2.04 bits per heavy atom. The lowest BCUT2D eigenvalue weighted by Gasteiger charge is -2.06. The van der Waals surface area contributed by atoms with E-state index in [9.17, 15) is 9.36 Å². The summed E-state index contributed by atoms with van der Waals surface area (Å²) in [5.74, 6) is -0.360. The van der Waals surface area contributed by atoms with Crippen LogP contribution >= 0.6 is 7.82 Å². The van der Waals surface area contributed by atoms with Crippen molar-refractivity contribution in [3.05, 3.63) is 12.2 Å². The molecule has 0 atom stereocenters. The van der Waals surface area contributed by atoms with Gasteiger partial charge >= 0.3 is 13.8 Å². The standard InChI is InChI=1S/C18H35O6P/c1-2-3-4-5-6-7-8-9-10-11-12-13-14-15-18(19)23-16-17-24-25(20,21)22/h10-11H,2-9,12-17H2,1H3,(H2,20,21,22)/b11-10+. The van der Waals surface area contributed by atoms with Gasteiger partial charge < -0.3 is 14.5 Å². The van der Waals surface area contributed by atoms with E-state index in [4.69, 9.17) is 14.5 Å². The van der Waals surface area contributed by atoms with Gasteiger partial charge in [-0.3, -0.25) is 9.32 Å². The molecule has 0 rings (SSSR count). The van der Waals surface area contributed by atoms with E-state index in [-0.39, 0.29) is 19.2 Å². The molecule has 25 heavy (non-hydrogen) atoms. The summed E-state index contributed by atoms with van der Waals surface area (Å²) < 4.78 is 19.4. The Labute approximate surface area is 152 Å². The highest BCUT2D eigenvalue weighted by molar-refractivity contribution is 7.46. The first-order valence-corrected chi connectivity index (χ1v) is 11.0. The van der Waals surface area contributed by atoms with Crippen LogP contribution in [0, 0.1) is 0 Å². The Balaban J connectivity index is 3.31. The zero-order valence-corrected chi connectivity index (χ0v) is 16.4. The van der Waals surface area contributed by atoms with Gasteiger partial charge in [0.25, 0.3) is 0 Å². The van der Waals surface area contributed by atoms with E-state index in [1.54, 1.807) is 0 Å². The summed E-state index contributed by atoms with van der Waals surface area (Å²) in [6, 6.07) is 0. The lowest BCUT2D eigenvalue weighted by atomic mass is 10.1. The number of carbonyl (C=O) groups is 1. The van der Waals surface area contributed by atoms with Crippen LogP contribution in [-0.4, -0.2) is 29.0 Å². The summed E-state index contributed by atoms with van der Waals surface area (Å²) in [6.07, 6.45) is 17.8. The van der Waals surface area contributed by atoms with Crippen LogP contribution < -0.4 is 0 Å². The number of unbranched alkanes of at least 4 members (excludes halogenated alkanes) is 9. The molecule has 2 N–H and O–H groups in total. The van der Waals surface area contributed by atoms with Gasteiger partial charge in [-0.05, 0) is 32.1 Å². The molecular weight excluding hydrogens is 343 g/mol. The molecule has 0 saturated carbocycles. The van der Waals surface area contributed by atoms with Crippen molar-refractivity contribution < 1.29 is 28.4 Å². The lowest BCUT2D eigenvalue weighted by Crippen LogP contribution is -2.09. The maximum absolute atomic E-state index is 11.4. The highest BCUT2D eigenvalue weighted by Crippen LogP contribution is 2.35. The van der Waals surface area contributed by atoms with Crippen LogP contribution in [0.15, 0.2) is 12.2 Å². The Hall–Kier alpha value is -0.680. The SMILES string of the molecule is CCCCCCCCC/C=C/CCCCC(=O)OCCOP(=O)(O)O. The van der Waals surface area contributed by atoms with Gasteiger partial charge in [-0.25, -0.2) is 4.57 Å². The van der Waals surface area contributed by atoms with Crippen molar-refractivity contribution in [2.45, 2.75) is 84.0 Å². The fourth-order valence-corrected chi connectivity index (χ4v) is 2.68. The van der Waals surface area contributed by atoms with Gasteiger partial charge in [0.05, 0.1) is 6.61 Å². The third-order valence-electron chi connectivity index (χ3n) is 3.75. The maximum atomic E-state index is 11.4. The van der Waals surface area contributed by atoms with Gasteiger partial charge in [0, 0.05) is 6.42 Å². The molecule has 0 heterocycles. The highest BCUT2D eigenvalue weighted by Gasteiger charge is 2.13. The minimum Gasteiger partial charge on any atom is -0.463 e. The van der Waals surface area contributed by atoms with E-state index in [0.29, 0.717) is 6.42 Å². The number of carbonyl (C=O) groups excluding carboxylic acids is 1. The molecule has 6 nitrogen and oxygen atoms in total. The minimum atomic E-state index is -4.48. The van der Waals surface area contributed by atoms with Gasteiger partial charge in [-0.1, -0.05) is 57.6 Å². The van der Waals surface area contributed by atoms with Crippen LogP contribution in [0.25, 0.3) is 0 Å². The van der Waals surface area contributed by atoms with Crippen molar-refractivity contribution in [3.8, 4) is 0 Å². The molecule has 0 aromatic carbocycles. The van der Waals surface area contributed by atoms with Gasteiger partial charge in [-0.2, -0.15) is 0 Å². The van der Waals surface area contributed by atoms with Crippen LogP contribution in [0.2, 0.25) is 0 Å². The molecule has 0 aliphatic rings. The van der Waals surface area contributed by atoms with E-state index in [1.807, 2.05) is 0 Å². The molecule has 0 aliphatic heterocycles.